The molecule has 42 heavy (non-hydrogen) atoms. The summed E-state index contributed by atoms with van der Waals surface area (Å²) in [5.74, 6) is -2.31. The van der Waals surface area contributed by atoms with Crippen molar-refractivity contribution in [1.82, 2.24) is 19.4 Å². The zero-order valence-corrected chi connectivity index (χ0v) is 23.3. The number of aryl methyl sites for hydroxylation is 1. The number of ether oxygens (including phenoxy) is 1. The largest absolute Gasteiger partial charge is 0.493 e. The molecule has 0 unspecified atom stereocenters. The third-order valence-electron chi connectivity index (χ3n) is 6.92. The highest BCUT2D eigenvalue weighted by molar-refractivity contribution is 5.92. The summed E-state index contributed by atoms with van der Waals surface area (Å²) in [5, 5.41) is 25.6. The number of rotatable bonds is 9. The first-order valence-electron chi connectivity index (χ1n) is 13.4. The lowest BCUT2D eigenvalue weighted by Gasteiger charge is -2.31. The number of hydrogen-bond donors (Lipinski definition) is 2. The van der Waals surface area contributed by atoms with Crippen LogP contribution in [-0.4, -0.2) is 67.8 Å². The van der Waals surface area contributed by atoms with Crippen LogP contribution in [-0.2, 0) is 22.3 Å². The second-order valence-electron chi connectivity index (χ2n) is 9.58. The molecule has 0 spiro atoms. The van der Waals surface area contributed by atoms with Crippen LogP contribution in [0.5, 0.6) is 5.75 Å². The second kappa shape index (κ2) is 14.5. The molecule has 2 aromatic heterocycles. The number of hydrogen-bond acceptors (Lipinski definition) is 7. The molecule has 10 nitrogen and oxygen atoms in total. The van der Waals surface area contributed by atoms with Crippen LogP contribution in [0.4, 0.5) is 13.2 Å². The normalized spacial score (nSPS) is 14.4. The molecular weight excluding hydrogens is 555 g/mol. The van der Waals surface area contributed by atoms with Crippen molar-refractivity contribution in [3.05, 3.63) is 54.0 Å². The number of benzene rings is 1. The zero-order valence-electron chi connectivity index (χ0n) is 23.3. The van der Waals surface area contributed by atoms with Gasteiger partial charge in [0.05, 0.1) is 17.9 Å². The molecule has 4 rings (SSSR count). The Balaban J connectivity index is 0.000000531. The molecule has 1 fully saturated rings. The summed E-state index contributed by atoms with van der Waals surface area (Å²) in [6.07, 6.45) is 1.15. The molecule has 0 saturated carbocycles. The van der Waals surface area contributed by atoms with Crippen LogP contribution in [0.25, 0.3) is 22.3 Å². The van der Waals surface area contributed by atoms with Crippen LogP contribution in [0.2, 0.25) is 0 Å². The van der Waals surface area contributed by atoms with Crippen LogP contribution in [0.3, 0.4) is 0 Å². The molecule has 0 radical (unpaired) electrons. The van der Waals surface area contributed by atoms with E-state index in [1.54, 1.807) is 18.3 Å². The number of aromatic nitrogens is 3. The fourth-order valence-corrected chi connectivity index (χ4v) is 4.68. The Morgan fingerprint density at radius 3 is 2.31 bits per heavy atom. The van der Waals surface area contributed by atoms with Crippen LogP contribution in [0.15, 0.2) is 42.6 Å². The molecule has 1 aromatic carbocycles. The van der Waals surface area contributed by atoms with Crippen LogP contribution < -0.4 is 4.74 Å². The van der Waals surface area contributed by atoms with E-state index in [0.29, 0.717) is 41.3 Å². The summed E-state index contributed by atoms with van der Waals surface area (Å²) in [5.41, 5.74) is 0.246. The molecule has 0 atom stereocenters. The lowest BCUT2D eigenvalue weighted by molar-refractivity contribution is -0.139. The molecule has 1 aliphatic heterocycles. The van der Waals surface area contributed by atoms with Gasteiger partial charge in [-0.15, -0.1) is 0 Å². The maximum atomic E-state index is 14.0. The third kappa shape index (κ3) is 8.53. The molecular formula is C29H32F3N5O5. The van der Waals surface area contributed by atoms with Crippen molar-refractivity contribution in [3.63, 3.8) is 0 Å². The lowest BCUT2D eigenvalue weighted by atomic mass is 9.94. The van der Waals surface area contributed by atoms with E-state index in [2.05, 4.69) is 21.8 Å². The van der Waals surface area contributed by atoms with Gasteiger partial charge in [0, 0.05) is 35.8 Å². The quantitative estimate of drug-likeness (QED) is 0.322. The van der Waals surface area contributed by atoms with Gasteiger partial charge in [0.25, 0.3) is 0 Å². The van der Waals surface area contributed by atoms with E-state index in [0.717, 1.165) is 45.0 Å². The minimum absolute atomic E-state index is 0.0843. The first-order chi connectivity index (χ1) is 20.0. The van der Waals surface area contributed by atoms with Crippen LogP contribution >= 0.6 is 0 Å². The molecule has 3 aromatic rings. The second-order valence-corrected chi connectivity index (χ2v) is 9.58. The molecule has 0 amide bonds. The maximum Gasteiger partial charge on any atom is 0.419 e. The van der Waals surface area contributed by atoms with E-state index in [1.165, 1.54) is 6.07 Å². The van der Waals surface area contributed by atoms with Crippen molar-refractivity contribution in [2.24, 2.45) is 5.92 Å². The van der Waals surface area contributed by atoms with Crippen molar-refractivity contribution in [1.29, 1.82) is 5.26 Å². The smallest absolute Gasteiger partial charge is 0.419 e. The number of nitriles is 1. The van der Waals surface area contributed by atoms with Gasteiger partial charge in [0.2, 0.25) is 5.82 Å². The Morgan fingerprint density at radius 1 is 1.10 bits per heavy atom. The Labute approximate surface area is 240 Å². The molecule has 0 bridgehead atoms. The molecule has 2 N–H and O–H groups in total. The van der Waals surface area contributed by atoms with Gasteiger partial charge in [-0.3, -0.25) is 0 Å². The number of carboxylic acids is 2. The highest BCUT2D eigenvalue weighted by Crippen LogP contribution is 2.40. The number of aliphatic carboxylic acids is 2. The fraction of sp³-hybridized carbons (Fsp3) is 0.414. The minimum Gasteiger partial charge on any atom is -0.493 e. The summed E-state index contributed by atoms with van der Waals surface area (Å²) >= 11 is 0. The number of alkyl halides is 3. The SMILES string of the molecule is CCN1CCC(CCOc2ccc(-c3nc(C#N)nc4c3ccn4CC)cc2C(F)(F)F)CC1.O=C(O)/C=C/C(=O)O. The molecule has 3 heterocycles. The van der Waals surface area contributed by atoms with Crippen molar-refractivity contribution >= 4 is 23.0 Å². The van der Waals surface area contributed by atoms with E-state index < -0.39 is 23.7 Å². The summed E-state index contributed by atoms with van der Waals surface area (Å²) < 4.78 is 49.3. The monoisotopic (exact) mass is 587 g/mol. The molecule has 1 aliphatic rings. The Morgan fingerprint density at radius 2 is 1.76 bits per heavy atom. The number of carboxylic acid groups (broad SMARTS) is 2. The van der Waals surface area contributed by atoms with E-state index in [9.17, 15) is 28.0 Å². The number of carbonyl (C=O) groups is 2. The fourth-order valence-electron chi connectivity index (χ4n) is 4.68. The van der Waals surface area contributed by atoms with Crippen molar-refractivity contribution in [2.45, 2.75) is 45.8 Å². The summed E-state index contributed by atoms with van der Waals surface area (Å²) in [4.78, 5) is 30.0. The lowest BCUT2D eigenvalue weighted by Crippen LogP contribution is -2.33. The van der Waals surface area contributed by atoms with E-state index in [4.69, 9.17) is 14.9 Å². The van der Waals surface area contributed by atoms with E-state index >= 15 is 0 Å². The van der Waals surface area contributed by atoms with E-state index in [1.807, 2.05) is 17.6 Å². The maximum absolute atomic E-state index is 14.0. The van der Waals surface area contributed by atoms with Gasteiger partial charge < -0.3 is 24.4 Å². The van der Waals surface area contributed by atoms with Crippen molar-refractivity contribution < 1.29 is 37.7 Å². The van der Waals surface area contributed by atoms with Crippen LogP contribution in [0.1, 0.15) is 44.5 Å². The first kappa shape index (κ1) is 32.1. The first-order valence-corrected chi connectivity index (χ1v) is 13.4. The number of piperidine rings is 1. The Bertz CT molecular complexity index is 1450. The highest BCUT2D eigenvalue weighted by Gasteiger charge is 2.35. The summed E-state index contributed by atoms with van der Waals surface area (Å²) in [6.45, 7) is 8.01. The highest BCUT2D eigenvalue weighted by atomic mass is 19.4. The summed E-state index contributed by atoms with van der Waals surface area (Å²) in [6, 6.07) is 7.65. The zero-order chi connectivity index (χ0) is 30.9. The van der Waals surface area contributed by atoms with Gasteiger partial charge in [-0.1, -0.05) is 6.92 Å². The van der Waals surface area contributed by atoms with Gasteiger partial charge in [0.15, 0.2) is 0 Å². The van der Waals surface area contributed by atoms with Crippen LogP contribution in [0, 0.1) is 17.2 Å². The van der Waals surface area contributed by atoms with Gasteiger partial charge >= 0.3 is 18.1 Å². The van der Waals surface area contributed by atoms with Gasteiger partial charge in [0.1, 0.15) is 17.5 Å². The van der Waals surface area contributed by atoms with Crippen molar-refractivity contribution in [3.8, 4) is 23.1 Å². The van der Waals surface area contributed by atoms with Gasteiger partial charge in [-0.05, 0) is 76.0 Å². The average molecular weight is 588 g/mol. The summed E-state index contributed by atoms with van der Waals surface area (Å²) in [7, 11) is 0. The molecule has 224 valence electrons. The number of fused-ring (bicyclic) bond motifs is 1. The third-order valence-corrected chi connectivity index (χ3v) is 6.92. The predicted octanol–water partition coefficient (Wildman–Crippen LogP) is 5.22. The number of nitrogens with zero attached hydrogens (tertiary/aromatic N) is 5. The van der Waals surface area contributed by atoms with Crippen molar-refractivity contribution in [2.75, 3.05) is 26.2 Å². The predicted molar refractivity (Wildman–Crippen MR) is 148 cm³/mol. The average Bonchev–Trinajstić information content (AvgIpc) is 3.39. The standard InChI is InChI=1S/C25H28F3N5O.C4H4O4/c1-3-32-11-7-17(8-12-32)10-14-34-21-6-5-18(15-20(21)25(26,27)28)23-19-9-13-33(4-2)24(19)31-22(16-29)30-23;5-3(6)1-2-4(7)8/h5-6,9,13,15,17H,3-4,7-8,10-12,14H2,1-2H3;1-2H,(H,5,6)(H,7,8)/b;2-1+. The molecule has 13 heteroatoms. The number of likely N-dealkylation sites (tertiary alicyclic amines) is 1. The topological polar surface area (TPSA) is 142 Å². The molecule has 1 saturated heterocycles. The van der Waals surface area contributed by atoms with E-state index in [-0.39, 0.29) is 23.7 Å². The minimum atomic E-state index is -4.59. The van der Waals surface area contributed by atoms with Gasteiger partial charge in [-0.2, -0.15) is 18.4 Å². The number of halogens is 3. The van der Waals surface area contributed by atoms with Gasteiger partial charge in [-0.25, -0.2) is 19.6 Å². The Hall–Kier alpha value is -4.44. The Kier molecular flexibility index (Phi) is 11.0. The molecule has 0 aliphatic carbocycles.